The van der Waals surface area contributed by atoms with Crippen LogP contribution in [0.4, 0.5) is 0 Å². The van der Waals surface area contributed by atoms with Gasteiger partial charge in [0.1, 0.15) is 5.75 Å². The molecule has 1 heterocycles. The highest BCUT2D eigenvalue weighted by Gasteiger charge is 2.29. The molecule has 21 heavy (non-hydrogen) atoms. The highest BCUT2D eigenvalue weighted by Crippen LogP contribution is 2.38. The topological polar surface area (TPSA) is 42.1 Å². The van der Waals surface area contributed by atoms with Gasteiger partial charge < -0.3 is 9.72 Å². The van der Waals surface area contributed by atoms with Crippen molar-refractivity contribution >= 4 is 28.9 Å². The van der Waals surface area contributed by atoms with Gasteiger partial charge in [-0.3, -0.25) is 4.79 Å². The van der Waals surface area contributed by atoms with Gasteiger partial charge in [0, 0.05) is 22.0 Å². The van der Waals surface area contributed by atoms with Gasteiger partial charge in [-0.1, -0.05) is 36.5 Å². The molecule has 0 unspecified atom stereocenters. The number of carbonyl (C=O) groups excluding carboxylic acids is 1. The lowest BCUT2D eigenvalue weighted by Crippen LogP contribution is -1.97. The maximum Gasteiger partial charge on any atom is 0.197 e. The van der Waals surface area contributed by atoms with Crippen molar-refractivity contribution in [2.45, 2.75) is 0 Å². The van der Waals surface area contributed by atoms with Crippen LogP contribution in [0.5, 0.6) is 5.75 Å². The van der Waals surface area contributed by atoms with Crippen LogP contribution in [0, 0.1) is 4.51 Å². The maximum atomic E-state index is 12.6. The van der Waals surface area contributed by atoms with E-state index in [0.717, 1.165) is 27.9 Å². The molecule has 4 rings (SSSR count). The summed E-state index contributed by atoms with van der Waals surface area (Å²) < 4.78 is 5.82. The fraction of sp³-hybridized carbons (Fsp3) is 0.0588. The number of hydrogen-bond donors (Lipinski definition) is 1. The molecule has 0 saturated heterocycles. The molecule has 0 atom stereocenters. The maximum absolute atomic E-state index is 12.6. The van der Waals surface area contributed by atoms with E-state index in [0.29, 0.717) is 15.6 Å². The predicted molar refractivity (Wildman–Crippen MR) is 84.6 cm³/mol. The molecule has 0 spiro atoms. The number of pyridine rings is 1. The van der Waals surface area contributed by atoms with Crippen molar-refractivity contribution in [1.82, 2.24) is 4.98 Å². The van der Waals surface area contributed by atoms with E-state index in [1.165, 1.54) is 0 Å². The second kappa shape index (κ2) is 4.27. The Kier molecular flexibility index (Phi) is 2.50. The first-order valence-corrected chi connectivity index (χ1v) is 6.99. The Labute approximate surface area is 126 Å². The van der Waals surface area contributed by atoms with Crippen LogP contribution in [0.15, 0.2) is 42.5 Å². The molecule has 0 fully saturated rings. The van der Waals surface area contributed by atoms with E-state index >= 15 is 0 Å². The van der Waals surface area contributed by atoms with Crippen molar-refractivity contribution in [2.24, 2.45) is 0 Å². The number of aromatic nitrogens is 1. The number of aromatic amines is 1. The molecule has 3 aromatic rings. The summed E-state index contributed by atoms with van der Waals surface area (Å²) in [5, 5.41) is 0.837. The molecule has 0 saturated carbocycles. The zero-order valence-electron chi connectivity index (χ0n) is 11.3. The van der Waals surface area contributed by atoms with E-state index in [2.05, 4.69) is 4.98 Å². The zero-order valence-corrected chi connectivity index (χ0v) is 12.1. The van der Waals surface area contributed by atoms with Crippen LogP contribution in [0.1, 0.15) is 15.9 Å². The zero-order chi connectivity index (χ0) is 14.6. The predicted octanol–water partition coefficient (Wildman–Crippen LogP) is 4.12. The van der Waals surface area contributed by atoms with Gasteiger partial charge in [0.15, 0.2) is 5.78 Å². The smallest absolute Gasteiger partial charge is 0.197 e. The molecule has 0 bridgehead atoms. The van der Waals surface area contributed by atoms with E-state index in [9.17, 15) is 4.79 Å². The number of hydrogen-bond acceptors (Lipinski definition) is 3. The number of fused-ring (bicyclic) bond motifs is 4. The summed E-state index contributed by atoms with van der Waals surface area (Å²) in [6, 6.07) is 13.2. The fourth-order valence-corrected chi connectivity index (χ4v) is 3.21. The number of ether oxygens (including phenoxy) is 1. The number of benzene rings is 2. The van der Waals surface area contributed by atoms with Crippen molar-refractivity contribution in [3.63, 3.8) is 0 Å². The molecule has 0 aliphatic heterocycles. The Bertz CT molecular complexity index is 972. The molecule has 1 aliphatic carbocycles. The van der Waals surface area contributed by atoms with E-state index in [-0.39, 0.29) is 5.78 Å². The van der Waals surface area contributed by atoms with E-state index < -0.39 is 0 Å². The number of methoxy groups -OCH3 is 1. The molecule has 0 amide bonds. The molecule has 102 valence electrons. The van der Waals surface area contributed by atoms with Crippen molar-refractivity contribution < 1.29 is 9.53 Å². The Balaban J connectivity index is 2.14. The number of rotatable bonds is 1. The first-order chi connectivity index (χ1) is 10.2. The first kappa shape index (κ1) is 12.3. The van der Waals surface area contributed by atoms with E-state index in [4.69, 9.17) is 17.0 Å². The molecule has 2 aromatic carbocycles. The number of nitrogens with one attached hydrogen (secondary N) is 1. The number of carbonyl (C=O) groups is 1. The third kappa shape index (κ3) is 1.59. The van der Waals surface area contributed by atoms with Gasteiger partial charge >= 0.3 is 0 Å². The van der Waals surface area contributed by atoms with Gasteiger partial charge in [-0.05, 0) is 18.2 Å². The fourth-order valence-electron chi connectivity index (χ4n) is 2.85. The summed E-state index contributed by atoms with van der Waals surface area (Å²) in [6.07, 6.45) is 0. The number of ketones is 1. The standard InChI is InChI=1S/C17H11NO2S/c1-20-9-6-7-13-12(8-9)17(21)14-15(18-13)10-4-2-3-5-11(10)16(14)19/h2-8H,1H3,(H,18,21). The molecule has 1 aliphatic rings. The number of H-pyrrole nitrogens is 1. The van der Waals surface area contributed by atoms with Gasteiger partial charge in [0.2, 0.25) is 0 Å². The van der Waals surface area contributed by atoms with E-state index in [1.54, 1.807) is 7.11 Å². The molecule has 1 N–H and O–H groups in total. The minimum atomic E-state index is -0.00781. The lowest BCUT2D eigenvalue weighted by molar-refractivity contribution is 0.104. The highest BCUT2D eigenvalue weighted by atomic mass is 32.1. The highest BCUT2D eigenvalue weighted by molar-refractivity contribution is 7.71. The first-order valence-electron chi connectivity index (χ1n) is 6.59. The minimum Gasteiger partial charge on any atom is -0.497 e. The normalized spacial score (nSPS) is 12.3. The largest absolute Gasteiger partial charge is 0.497 e. The summed E-state index contributed by atoms with van der Waals surface area (Å²) in [4.78, 5) is 15.9. The summed E-state index contributed by atoms with van der Waals surface area (Å²) in [7, 11) is 1.61. The summed E-state index contributed by atoms with van der Waals surface area (Å²) in [5.41, 5.74) is 3.94. The minimum absolute atomic E-state index is 0.00781. The van der Waals surface area contributed by atoms with Crippen molar-refractivity contribution in [1.29, 1.82) is 0 Å². The van der Waals surface area contributed by atoms with Gasteiger partial charge in [-0.25, -0.2) is 0 Å². The van der Waals surface area contributed by atoms with Crippen molar-refractivity contribution in [2.75, 3.05) is 7.11 Å². The molecular weight excluding hydrogens is 282 g/mol. The summed E-state index contributed by atoms with van der Waals surface area (Å²) in [5.74, 6) is 0.719. The van der Waals surface area contributed by atoms with Crippen LogP contribution in [-0.2, 0) is 0 Å². The Morgan fingerprint density at radius 2 is 1.86 bits per heavy atom. The van der Waals surface area contributed by atoms with Crippen LogP contribution >= 0.6 is 12.2 Å². The van der Waals surface area contributed by atoms with Crippen LogP contribution in [0.25, 0.3) is 22.2 Å². The van der Waals surface area contributed by atoms with Crippen molar-refractivity contribution in [3.05, 3.63) is 58.1 Å². The lowest BCUT2D eigenvalue weighted by Gasteiger charge is -2.07. The molecule has 0 radical (unpaired) electrons. The average molecular weight is 293 g/mol. The van der Waals surface area contributed by atoms with E-state index in [1.807, 2.05) is 42.5 Å². The molecular formula is C17H11NO2S. The quantitative estimate of drug-likeness (QED) is 0.537. The SMILES string of the molecule is COc1ccc2[nH]c3c(c(=S)c2c1)C(=O)c1ccccc1-3. The van der Waals surface area contributed by atoms with Gasteiger partial charge in [0.25, 0.3) is 0 Å². The van der Waals surface area contributed by atoms with Crippen molar-refractivity contribution in [3.8, 4) is 17.0 Å². The Morgan fingerprint density at radius 3 is 2.62 bits per heavy atom. The molecule has 3 nitrogen and oxygen atoms in total. The summed E-state index contributed by atoms with van der Waals surface area (Å²) in [6.45, 7) is 0. The lowest BCUT2D eigenvalue weighted by atomic mass is 10.1. The van der Waals surface area contributed by atoms with Crippen LogP contribution < -0.4 is 4.74 Å². The second-order valence-corrected chi connectivity index (χ2v) is 5.40. The molecule has 1 aromatic heterocycles. The van der Waals surface area contributed by atoms with Gasteiger partial charge in [-0.15, -0.1) is 0 Å². The third-order valence-electron chi connectivity index (χ3n) is 3.88. The second-order valence-electron chi connectivity index (χ2n) is 4.99. The summed E-state index contributed by atoms with van der Waals surface area (Å²) >= 11 is 5.56. The Morgan fingerprint density at radius 1 is 1.10 bits per heavy atom. The van der Waals surface area contributed by atoms with Crippen LogP contribution in [0.2, 0.25) is 0 Å². The van der Waals surface area contributed by atoms with Gasteiger partial charge in [-0.2, -0.15) is 0 Å². The average Bonchev–Trinajstić information content (AvgIpc) is 2.81. The molecule has 4 heteroatoms. The van der Waals surface area contributed by atoms with Crippen LogP contribution in [-0.4, -0.2) is 17.9 Å². The monoisotopic (exact) mass is 293 g/mol. The Hall–Kier alpha value is -2.46. The van der Waals surface area contributed by atoms with Gasteiger partial charge in [0.05, 0.1) is 22.9 Å². The van der Waals surface area contributed by atoms with Crippen LogP contribution in [0.3, 0.4) is 0 Å². The third-order valence-corrected chi connectivity index (χ3v) is 4.30.